The van der Waals surface area contributed by atoms with E-state index in [2.05, 4.69) is 109 Å². The molecule has 1 unspecified atom stereocenters. The van der Waals surface area contributed by atoms with Crippen LogP contribution in [-0.2, 0) is 0 Å². The largest absolute Gasteiger partial charge is 0.0883 e. The summed E-state index contributed by atoms with van der Waals surface area (Å²) in [7, 11) is 0. The smallest absolute Gasteiger partial charge is 0.0262 e. The van der Waals surface area contributed by atoms with Gasteiger partial charge in [0.05, 0.1) is 0 Å². The summed E-state index contributed by atoms with van der Waals surface area (Å²) in [6.07, 6.45) is 36.4. The zero-order valence-electron chi connectivity index (χ0n) is 35.7. The van der Waals surface area contributed by atoms with Crippen molar-refractivity contribution in [2.45, 2.75) is 258 Å². The lowest BCUT2D eigenvalue weighted by Gasteiger charge is -2.08. The van der Waals surface area contributed by atoms with Gasteiger partial charge in [-0.2, -0.15) is 0 Å². The summed E-state index contributed by atoms with van der Waals surface area (Å²) >= 11 is 0. The fourth-order valence-corrected chi connectivity index (χ4v) is 4.94. The molecule has 0 aromatic carbocycles. The molecule has 0 aliphatic rings. The first-order valence-corrected chi connectivity index (χ1v) is 21.3. The second kappa shape index (κ2) is 59.2. The Hall–Kier alpha value is -0.260. The van der Waals surface area contributed by atoms with Crippen molar-refractivity contribution in [1.29, 1.82) is 0 Å². The lowest BCUT2D eigenvalue weighted by molar-refractivity contribution is 0.454. The van der Waals surface area contributed by atoms with Gasteiger partial charge in [0.25, 0.3) is 0 Å². The van der Waals surface area contributed by atoms with Crippen LogP contribution in [0.4, 0.5) is 0 Å². The van der Waals surface area contributed by atoms with E-state index in [0.29, 0.717) is 0 Å². The highest BCUT2D eigenvalue weighted by Gasteiger charge is 2.00. The van der Waals surface area contributed by atoms with E-state index in [1.807, 2.05) is 13.8 Å². The lowest BCUT2D eigenvalue weighted by atomic mass is 9.98. The average Bonchev–Trinajstić information content (AvgIpc) is 3.03. The Balaban J connectivity index is -0.000000108. The Morgan fingerprint density at radius 1 is 0.356 bits per heavy atom. The highest BCUT2D eigenvalue weighted by atomic mass is 14.1. The van der Waals surface area contributed by atoms with Crippen molar-refractivity contribution in [3.8, 4) is 0 Å². The third-order valence-electron chi connectivity index (χ3n) is 7.95. The molecule has 0 aliphatic heterocycles. The van der Waals surface area contributed by atoms with Crippen LogP contribution in [0.2, 0.25) is 0 Å². The maximum Gasteiger partial charge on any atom is -0.0262 e. The molecule has 0 bridgehead atoms. The van der Waals surface area contributed by atoms with Crippen molar-refractivity contribution < 1.29 is 0 Å². The first kappa shape index (κ1) is 57.0. The highest BCUT2D eigenvalue weighted by Crippen LogP contribution is 2.15. The Labute approximate surface area is 293 Å². The monoisotopic (exact) mass is 641 g/mol. The molecule has 0 amide bonds. The summed E-state index contributed by atoms with van der Waals surface area (Å²) in [5, 5.41) is 0. The Morgan fingerprint density at radius 2 is 0.667 bits per heavy atom. The van der Waals surface area contributed by atoms with Gasteiger partial charge in [0, 0.05) is 0 Å². The number of unbranched alkanes of at least 4 members (excludes halogenated alkanes) is 7. The van der Waals surface area contributed by atoms with Crippen LogP contribution in [0, 0.1) is 23.7 Å². The molecule has 0 saturated heterocycles. The van der Waals surface area contributed by atoms with Crippen LogP contribution in [0.25, 0.3) is 0 Å². The molecule has 0 heterocycles. The summed E-state index contributed by atoms with van der Waals surface area (Å²) < 4.78 is 0. The topological polar surface area (TPSA) is 0 Å². The second-order valence-corrected chi connectivity index (χ2v) is 13.9. The fourth-order valence-electron chi connectivity index (χ4n) is 4.94. The normalized spacial score (nSPS) is 10.9. The summed E-state index contributed by atoms with van der Waals surface area (Å²) in [6.45, 7) is 35.8. The van der Waals surface area contributed by atoms with Crippen molar-refractivity contribution in [3.63, 3.8) is 0 Å². The van der Waals surface area contributed by atoms with E-state index in [1.165, 1.54) is 148 Å². The predicted octanol–water partition coefficient (Wildman–Crippen LogP) is 18.2. The van der Waals surface area contributed by atoms with Crippen LogP contribution in [0.3, 0.4) is 0 Å². The lowest BCUT2D eigenvalue weighted by Crippen LogP contribution is -1.93. The minimum Gasteiger partial charge on any atom is -0.0883 e. The van der Waals surface area contributed by atoms with Crippen molar-refractivity contribution in [3.05, 3.63) is 12.2 Å². The van der Waals surface area contributed by atoms with E-state index in [4.69, 9.17) is 0 Å². The molecule has 0 spiro atoms. The molecule has 0 aromatic rings. The summed E-state index contributed by atoms with van der Waals surface area (Å²) in [4.78, 5) is 0. The van der Waals surface area contributed by atoms with E-state index in [1.54, 1.807) is 0 Å². The minimum absolute atomic E-state index is 0.795. The minimum atomic E-state index is 0.795. The molecular formula is C45H100. The molecule has 45 heavy (non-hydrogen) atoms. The maximum absolute atomic E-state index is 2.38. The first-order valence-electron chi connectivity index (χ1n) is 21.3. The zero-order chi connectivity index (χ0) is 36.0. The summed E-state index contributed by atoms with van der Waals surface area (Å²) in [6, 6.07) is 0. The number of allylic oxidation sites excluding steroid dienone is 2. The molecule has 0 fully saturated rings. The van der Waals surface area contributed by atoms with Crippen LogP contribution in [-0.4, -0.2) is 0 Å². The van der Waals surface area contributed by atoms with Crippen LogP contribution >= 0.6 is 0 Å². The molecule has 0 aliphatic carbocycles. The Kier molecular flexibility index (Phi) is 75.0. The van der Waals surface area contributed by atoms with Crippen molar-refractivity contribution in [2.75, 3.05) is 0 Å². The first-order chi connectivity index (χ1) is 21.6. The molecule has 0 radical (unpaired) electrons. The summed E-state index contributed by atoms with van der Waals surface area (Å²) in [5.74, 6) is 3.70. The van der Waals surface area contributed by atoms with Gasteiger partial charge in [-0.3, -0.25) is 0 Å². The van der Waals surface area contributed by atoms with Gasteiger partial charge in [0.1, 0.15) is 0 Å². The standard InChI is InChI=1S/C12H24.2C10H22.C8H18.C3H8.C2H6/c1-4-6-8-10-12(3)11-9-7-5-2;2*1-4-6-8-10(3)9-7-5-2;1-4-6-8(3)7-5-2;1-3-2;1-2/h8,10,12H,4-7,9,11H2,1-3H3;2*10H,4-9H2,1-3H3;8H,4-7H2,1-3H3;3H2,1-2H3;1-2H3/b10-8+;;;;;. The third-order valence-corrected chi connectivity index (χ3v) is 7.95. The Morgan fingerprint density at radius 3 is 0.933 bits per heavy atom. The van der Waals surface area contributed by atoms with Crippen LogP contribution in [0.1, 0.15) is 258 Å². The van der Waals surface area contributed by atoms with E-state index in [0.717, 1.165) is 23.7 Å². The van der Waals surface area contributed by atoms with E-state index in [-0.39, 0.29) is 0 Å². The van der Waals surface area contributed by atoms with Gasteiger partial charge in [-0.15, -0.1) is 0 Å². The van der Waals surface area contributed by atoms with Crippen molar-refractivity contribution in [2.24, 2.45) is 23.7 Å². The van der Waals surface area contributed by atoms with E-state index < -0.39 is 0 Å². The molecule has 0 aromatic heterocycles. The highest BCUT2D eigenvalue weighted by molar-refractivity contribution is 4.85. The van der Waals surface area contributed by atoms with Crippen LogP contribution in [0.15, 0.2) is 12.2 Å². The molecule has 1 atom stereocenters. The summed E-state index contributed by atoms with van der Waals surface area (Å²) in [5.41, 5.74) is 0. The molecule has 0 saturated carbocycles. The molecule has 0 heteroatoms. The van der Waals surface area contributed by atoms with E-state index in [9.17, 15) is 0 Å². The Bertz CT molecular complexity index is 382. The zero-order valence-corrected chi connectivity index (χ0v) is 35.7. The predicted molar refractivity (Wildman–Crippen MR) is 220 cm³/mol. The van der Waals surface area contributed by atoms with E-state index >= 15 is 0 Å². The van der Waals surface area contributed by atoms with Gasteiger partial charge in [-0.1, -0.05) is 258 Å². The maximum atomic E-state index is 2.38. The SMILES string of the molecule is CC.CCC.CCC/C=C/C(C)CCCCC.CCCC(C)CCC.CCCCC(C)CCCC.CCCCC(C)CCCC. The molecule has 280 valence electrons. The number of rotatable bonds is 23. The van der Waals surface area contributed by atoms with Crippen molar-refractivity contribution in [1.82, 2.24) is 0 Å². The van der Waals surface area contributed by atoms with Gasteiger partial charge < -0.3 is 0 Å². The van der Waals surface area contributed by atoms with Gasteiger partial charge in [-0.25, -0.2) is 0 Å². The van der Waals surface area contributed by atoms with Gasteiger partial charge >= 0.3 is 0 Å². The second-order valence-electron chi connectivity index (χ2n) is 13.9. The molecule has 0 nitrogen and oxygen atoms in total. The average molecular weight is 641 g/mol. The molecular weight excluding hydrogens is 540 g/mol. The quantitative estimate of drug-likeness (QED) is 0.0770. The van der Waals surface area contributed by atoms with Gasteiger partial charge in [0.15, 0.2) is 0 Å². The number of hydrogen-bond acceptors (Lipinski definition) is 0. The molecule has 0 rings (SSSR count). The van der Waals surface area contributed by atoms with Gasteiger partial charge in [0.2, 0.25) is 0 Å². The van der Waals surface area contributed by atoms with Gasteiger partial charge in [-0.05, 0) is 36.5 Å². The van der Waals surface area contributed by atoms with Crippen molar-refractivity contribution >= 4 is 0 Å². The molecule has 0 N–H and O–H groups in total. The number of hydrogen-bond donors (Lipinski definition) is 0. The third kappa shape index (κ3) is 75.6. The van der Waals surface area contributed by atoms with Crippen LogP contribution < -0.4 is 0 Å². The van der Waals surface area contributed by atoms with Crippen LogP contribution in [0.5, 0.6) is 0 Å². The fraction of sp³-hybridized carbons (Fsp3) is 0.956.